The van der Waals surface area contributed by atoms with Crippen LogP contribution in [0.1, 0.15) is 52.6 Å². The first kappa shape index (κ1) is 19.7. The van der Waals surface area contributed by atoms with Crippen molar-refractivity contribution >= 4 is 17.5 Å². The van der Waals surface area contributed by atoms with E-state index in [0.29, 0.717) is 29.9 Å². The predicted molar refractivity (Wildman–Crippen MR) is 106 cm³/mol. The van der Waals surface area contributed by atoms with Crippen LogP contribution in [0.5, 0.6) is 0 Å². The first-order chi connectivity index (χ1) is 12.2. The molecule has 2 aromatic rings. The van der Waals surface area contributed by atoms with E-state index in [-0.39, 0.29) is 17.2 Å². The Bertz CT molecular complexity index is 790. The number of benzene rings is 2. The number of anilines is 1. The fourth-order valence-electron chi connectivity index (χ4n) is 2.50. The Labute approximate surface area is 155 Å². The second kappa shape index (κ2) is 8.15. The van der Waals surface area contributed by atoms with Crippen molar-refractivity contribution in [3.05, 3.63) is 64.7 Å². The number of aryl methyl sites for hydroxylation is 1. The van der Waals surface area contributed by atoms with Crippen LogP contribution in [0.4, 0.5) is 5.69 Å². The molecule has 0 radical (unpaired) electrons. The van der Waals surface area contributed by atoms with Gasteiger partial charge in [0, 0.05) is 29.9 Å². The van der Waals surface area contributed by atoms with E-state index in [0.717, 1.165) is 5.56 Å². The second-order valence-electron chi connectivity index (χ2n) is 7.36. The van der Waals surface area contributed by atoms with Crippen molar-refractivity contribution in [2.24, 2.45) is 5.73 Å². The van der Waals surface area contributed by atoms with Gasteiger partial charge in [0.1, 0.15) is 0 Å². The normalized spacial score (nSPS) is 11.1. The SMILES string of the molecule is Cc1ccc(C(=O)NCCN)cc1NC(=O)c1ccc(C(C)(C)C)cc1. The van der Waals surface area contributed by atoms with Gasteiger partial charge in [-0.05, 0) is 47.7 Å². The van der Waals surface area contributed by atoms with E-state index in [4.69, 9.17) is 5.73 Å². The zero-order valence-corrected chi connectivity index (χ0v) is 15.8. The van der Waals surface area contributed by atoms with Gasteiger partial charge >= 0.3 is 0 Å². The van der Waals surface area contributed by atoms with Crippen LogP contribution in [0.2, 0.25) is 0 Å². The minimum absolute atomic E-state index is 0.0385. The minimum atomic E-state index is -0.208. The molecule has 2 aromatic carbocycles. The first-order valence-electron chi connectivity index (χ1n) is 8.73. The topological polar surface area (TPSA) is 84.2 Å². The average Bonchev–Trinajstić information content (AvgIpc) is 2.60. The monoisotopic (exact) mass is 353 g/mol. The number of carbonyl (C=O) groups is 2. The Morgan fingerprint density at radius 1 is 0.962 bits per heavy atom. The first-order valence-corrected chi connectivity index (χ1v) is 8.73. The number of hydrogen-bond donors (Lipinski definition) is 3. The molecule has 0 saturated heterocycles. The molecule has 0 atom stereocenters. The Balaban J connectivity index is 2.16. The number of carbonyl (C=O) groups excluding carboxylic acids is 2. The molecule has 4 N–H and O–H groups in total. The number of nitrogens with two attached hydrogens (primary N) is 1. The van der Waals surface area contributed by atoms with Crippen LogP contribution >= 0.6 is 0 Å². The van der Waals surface area contributed by atoms with Gasteiger partial charge in [-0.3, -0.25) is 9.59 Å². The fourth-order valence-corrected chi connectivity index (χ4v) is 2.50. The molecule has 0 bridgehead atoms. The zero-order valence-electron chi connectivity index (χ0n) is 15.8. The maximum Gasteiger partial charge on any atom is 0.255 e. The van der Waals surface area contributed by atoms with Gasteiger partial charge in [0.25, 0.3) is 11.8 Å². The molecule has 26 heavy (non-hydrogen) atoms. The third kappa shape index (κ3) is 4.92. The highest BCUT2D eigenvalue weighted by molar-refractivity contribution is 6.05. The van der Waals surface area contributed by atoms with Crippen LogP contribution in [0.25, 0.3) is 0 Å². The van der Waals surface area contributed by atoms with Crippen molar-refractivity contribution in [3.8, 4) is 0 Å². The van der Waals surface area contributed by atoms with E-state index in [1.54, 1.807) is 12.1 Å². The van der Waals surface area contributed by atoms with Crippen LogP contribution in [0.3, 0.4) is 0 Å². The fraction of sp³-hybridized carbons (Fsp3) is 0.333. The number of hydrogen-bond acceptors (Lipinski definition) is 3. The van der Waals surface area contributed by atoms with Gasteiger partial charge in [0.2, 0.25) is 0 Å². The van der Waals surface area contributed by atoms with Crippen LogP contribution in [0.15, 0.2) is 42.5 Å². The zero-order chi connectivity index (χ0) is 19.3. The van der Waals surface area contributed by atoms with Crippen LogP contribution in [-0.2, 0) is 5.41 Å². The van der Waals surface area contributed by atoms with Gasteiger partial charge in [0.15, 0.2) is 0 Å². The number of nitrogens with one attached hydrogen (secondary N) is 2. The van der Waals surface area contributed by atoms with Crippen molar-refractivity contribution < 1.29 is 9.59 Å². The molecule has 0 unspecified atom stereocenters. The summed E-state index contributed by atoms with van der Waals surface area (Å²) >= 11 is 0. The molecular formula is C21H27N3O2. The smallest absolute Gasteiger partial charge is 0.255 e. The standard InChI is InChI=1S/C21H27N3O2/c1-14-5-6-16(19(25)23-12-11-22)13-18(14)24-20(26)15-7-9-17(10-8-15)21(2,3)4/h5-10,13H,11-12,22H2,1-4H3,(H,23,25)(H,24,26). The quantitative estimate of drug-likeness (QED) is 0.771. The molecule has 0 saturated carbocycles. The summed E-state index contributed by atoms with van der Waals surface area (Å²) in [6, 6.07) is 12.8. The maximum atomic E-state index is 12.6. The summed E-state index contributed by atoms with van der Waals surface area (Å²) in [5, 5.41) is 5.62. The molecule has 2 rings (SSSR count). The van der Waals surface area contributed by atoms with Crippen molar-refractivity contribution in [1.82, 2.24) is 5.32 Å². The van der Waals surface area contributed by atoms with E-state index >= 15 is 0 Å². The van der Waals surface area contributed by atoms with Crippen LogP contribution in [-0.4, -0.2) is 24.9 Å². The summed E-state index contributed by atoms with van der Waals surface area (Å²) in [5.74, 6) is -0.409. The highest BCUT2D eigenvalue weighted by Crippen LogP contribution is 2.23. The molecule has 138 valence electrons. The lowest BCUT2D eigenvalue weighted by Gasteiger charge is -2.19. The molecule has 5 heteroatoms. The number of rotatable bonds is 5. The summed E-state index contributed by atoms with van der Waals surface area (Å²) in [5.41, 5.74) is 9.19. The molecule has 0 aliphatic carbocycles. The lowest BCUT2D eigenvalue weighted by atomic mass is 9.86. The van der Waals surface area contributed by atoms with E-state index < -0.39 is 0 Å². The predicted octanol–water partition coefficient (Wildman–Crippen LogP) is 3.23. The summed E-state index contributed by atoms with van der Waals surface area (Å²) in [6.45, 7) is 9.08. The Morgan fingerprint density at radius 2 is 1.58 bits per heavy atom. The third-order valence-electron chi connectivity index (χ3n) is 4.19. The molecule has 0 fully saturated rings. The molecule has 0 aliphatic heterocycles. The van der Waals surface area contributed by atoms with Crippen molar-refractivity contribution in [1.29, 1.82) is 0 Å². The van der Waals surface area contributed by atoms with E-state index in [9.17, 15) is 9.59 Å². The van der Waals surface area contributed by atoms with Crippen molar-refractivity contribution in [3.63, 3.8) is 0 Å². The summed E-state index contributed by atoms with van der Waals surface area (Å²) < 4.78 is 0. The van der Waals surface area contributed by atoms with E-state index in [1.807, 2.05) is 37.3 Å². The van der Waals surface area contributed by atoms with Crippen LogP contribution < -0.4 is 16.4 Å². The van der Waals surface area contributed by atoms with Gasteiger partial charge in [-0.2, -0.15) is 0 Å². The number of amides is 2. The Kier molecular flexibility index (Phi) is 6.16. The molecule has 0 aliphatic rings. The summed E-state index contributed by atoms with van der Waals surface area (Å²) in [7, 11) is 0. The lowest BCUT2D eigenvalue weighted by molar-refractivity contribution is 0.0953. The van der Waals surface area contributed by atoms with E-state index in [2.05, 4.69) is 31.4 Å². The van der Waals surface area contributed by atoms with Gasteiger partial charge < -0.3 is 16.4 Å². The Hall–Kier alpha value is -2.66. The summed E-state index contributed by atoms with van der Waals surface area (Å²) in [6.07, 6.45) is 0. The van der Waals surface area contributed by atoms with Gasteiger partial charge in [0.05, 0.1) is 0 Å². The van der Waals surface area contributed by atoms with Crippen molar-refractivity contribution in [2.45, 2.75) is 33.1 Å². The average molecular weight is 353 g/mol. The molecule has 0 aromatic heterocycles. The van der Waals surface area contributed by atoms with Gasteiger partial charge in [-0.1, -0.05) is 39.0 Å². The molecule has 5 nitrogen and oxygen atoms in total. The van der Waals surface area contributed by atoms with Gasteiger partial charge in [-0.15, -0.1) is 0 Å². The molecule has 0 heterocycles. The maximum absolute atomic E-state index is 12.6. The largest absolute Gasteiger partial charge is 0.351 e. The molecular weight excluding hydrogens is 326 g/mol. The minimum Gasteiger partial charge on any atom is -0.351 e. The Morgan fingerprint density at radius 3 is 2.15 bits per heavy atom. The van der Waals surface area contributed by atoms with Crippen molar-refractivity contribution in [2.75, 3.05) is 18.4 Å². The highest BCUT2D eigenvalue weighted by atomic mass is 16.2. The molecule has 2 amide bonds. The van der Waals surface area contributed by atoms with E-state index in [1.165, 1.54) is 5.56 Å². The van der Waals surface area contributed by atoms with Gasteiger partial charge in [-0.25, -0.2) is 0 Å². The summed E-state index contributed by atoms with van der Waals surface area (Å²) in [4.78, 5) is 24.6. The highest BCUT2D eigenvalue weighted by Gasteiger charge is 2.15. The van der Waals surface area contributed by atoms with Crippen LogP contribution in [0, 0.1) is 6.92 Å². The lowest BCUT2D eigenvalue weighted by Crippen LogP contribution is -2.29. The third-order valence-corrected chi connectivity index (χ3v) is 4.19. The second-order valence-corrected chi connectivity index (χ2v) is 7.36. The molecule has 0 spiro atoms.